The van der Waals surface area contributed by atoms with Gasteiger partial charge in [-0.3, -0.25) is 9.25 Å². The van der Waals surface area contributed by atoms with Gasteiger partial charge in [-0.05, 0) is 56.0 Å². The zero-order valence-corrected chi connectivity index (χ0v) is 17.2. The highest BCUT2D eigenvalue weighted by molar-refractivity contribution is 7.99. The normalized spacial score (nSPS) is 16.5. The van der Waals surface area contributed by atoms with E-state index in [1.54, 1.807) is 23.9 Å². The average Bonchev–Trinajstić information content (AvgIpc) is 3.49. The van der Waals surface area contributed by atoms with Crippen molar-refractivity contribution in [2.75, 3.05) is 12.4 Å². The van der Waals surface area contributed by atoms with Crippen molar-refractivity contribution in [1.82, 2.24) is 24.5 Å². The first-order chi connectivity index (χ1) is 14.3. The Labute approximate surface area is 174 Å². The number of nitrogens with zero attached hydrogens (tertiary/aromatic N) is 5. The first-order valence-corrected chi connectivity index (χ1v) is 11.2. The van der Waals surface area contributed by atoms with Crippen molar-refractivity contribution in [1.29, 1.82) is 0 Å². The third-order valence-corrected chi connectivity index (χ3v) is 6.10. The zero-order valence-electron chi connectivity index (χ0n) is 16.4. The minimum Gasteiger partial charge on any atom is -0.376 e. The second kappa shape index (κ2) is 10.0. The lowest BCUT2D eigenvalue weighted by Crippen LogP contribution is -2.16. The Balaban J connectivity index is 1.36. The highest BCUT2D eigenvalue weighted by atomic mass is 32.2. The molecule has 8 heteroatoms. The Bertz CT molecular complexity index is 875. The summed E-state index contributed by atoms with van der Waals surface area (Å²) >= 11 is 1.73. The van der Waals surface area contributed by atoms with Crippen LogP contribution in [0.2, 0.25) is 0 Å². The number of benzene rings is 1. The maximum absolute atomic E-state index is 13.3. The molecule has 3 heterocycles. The first-order valence-electron chi connectivity index (χ1n) is 10.2. The molecule has 1 aliphatic heterocycles. The molecule has 1 unspecified atom stereocenters. The van der Waals surface area contributed by atoms with E-state index in [1.807, 2.05) is 23.1 Å². The quantitative estimate of drug-likeness (QED) is 0.362. The lowest BCUT2D eigenvalue weighted by Gasteiger charge is -2.14. The number of ether oxygens (including phenoxy) is 1. The van der Waals surface area contributed by atoms with E-state index < -0.39 is 0 Å². The van der Waals surface area contributed by atoms with Gasteiger partial charge in [0.15, 0.2) is 11.0 Å². The summed E-state index contributed by atoms with van der Waals surface area (Å²) in [6.07, 6.45) is 9.54. The molecule has 0 spiro atoms. The number of rotatable bonds is 10. The van der Waals surface area contributed by atoms with E-state index >= 15 is 0 Å². The van der Waals surface area contributed by atoms with Gasteiger partial charge in [-0.1, -0.05) is 18.2 Å². The van der Waals surface area contributed by atoms with Crippen molar-refractivity contribution in [3.05, 3.63) is 48.5 Å². The largest absolute Gasteiger partial charge is 0.376 e. The Kier molecular flexibility index (Phi) is 6.95. The third-order valence-electron chi connectivity index (χ3n) is 5.05. The van der Waals surface area contributed by atoms with Crippen LogP contribution in [0, 0.1) is 5.82 Å². The van der Waals surface area contributed by atoms with Gasteiger partial charge in [0.25, 0.3) is 0 Å². The van der Waals surface area contributed by atoms with E-state index in [4.69, 9.17) is 4.74 Å². The molecule has 4 rings (SSSR count). The highest BCUT2D eigenvalue weighted by Crippen LogP contribution is 2.27. The molecule has 0 bridgehead atoms. The van der Waals surface area contributed by atoms with Gasteiger partial charge in [0.2, 0.25) is 0 Å². The fraction of sp³-hybridized carbons (Fsp3) is 0.476. The first kappa shape index (κ1) is 20.1. The molecular weight excluding hydrogens is 389 g/mol. The van der Waals surface area contributed by atoms with Gasteiger partial charge in [0, 0.05) is 36.9 Å². The Morgan fingerprint density at radius 1 is 1.14 bits per heavy atom. The number of unbranched alkanes of at least 4 members (excludes halogenated alkanes) is 2. The Morgan fingerprint density at radius 3 is 2.79 bits per heavy atom. The number of aromatic nitrogens is 5. The van der Waals surface area contributed by atoms with Crippen LogP contribution < -0.4 is 0 Å². The molecule has 0 aliphatic carbocycles. The molecular formula is C21H26FN5OS. The maximum Gasteiger partial charge on any atom is 0.191 e. The van der Waals surface area contributed by atoms with Crippen LogP contribution in [0.25, 0.3) is 11.4 Å². The summed E-state index contributed by atoms with van der Waals surface area (Å²) in [6.45, 7) is 2.51. The average molecular weight is 416 g/mol. The summed E-state index contributed by atoms with van der Waals surface area (Å²) in [6, 6.07) is 8.40. The second-order valence-corrected chi connectivity index (χ2v) is 8.30. The molecule has 0 radical (unpaired) electrons. The summed E-state index contributed by atoms with van der Waals surface area (Å²) in [5, 5.41) is 14.0. The van der Waals surface area contributed by atoms with Crippen LogP contribution in [0.5, 0.6) is 0 Å². The maximum atomic E-state index is 13.3. The van der Waals surface area contributed by atoms with Crippen LogP contribution in [0.1, 0.15) is 32.1 Å². The molecule has 1 atom stereocenters. The highest BCUT2D eigenvalue weighted by Gasteiger charge is 2.21. The van der Waals surface area contributed by atoms with Crippen LogP contribution in [0.3, 0.4) is 0 Å². The van der Waals surface area contributed by atoms with Crippen molar-refractivity contribution in [3.63, 3.8) is 0 Å². The predicted octanol–water partition coefficient (Wildman–Crippen LogP) is 4.42. The topological polar surface area (TPSA) is 57.8 Å². The van der Waals surface area contributed by atoms with Crippen LogP contribution in [0.15, 0.2) is 47.9 Å². The van der Waals surface area contributed by atoms with Gasteiger partial charge in [-0.15, -0.1) is 10.2 Å². The molecule has 154 valence electrons. The zero-order chi connectivity index (χ0) is 19.9. The van der Waals surface area contributed by atoms with Crippen molar-refractivity contribution >= 4 is 11.8 Å². The fourth-order valence-corrected chi connectivity index (χ4v) is 4.46. The standard InChI is InChI=1S/C21H26FN5OS/c22-18-9-7-17(8-10-18)20-24-25-21(27(20)16-19-6-4-14-28-19)29-15-3-1-2-12-26-13-5-11-23-26/h5,7-11,13,19H,1-4,6,12,14-16H2. The molecule has 6 nitrogen and oxygen atoms in total. The summed E-state index contributed by atoms with van der Waals surface area (Å²) in [5.74, 6) is 1.52. The second-order valence-electron chi connectivity index (χ2n) is 7.24. The summed E-state index contributed by atoms with van der Waals surface area (Å²) < 4.78 is 23.3. The minimum absolute atomic E-state index is 0.193. The van der Waals surface area contributed by atoms with Gasteiger partial charge >= 0.3 is 0 Å². The van der Waals surface area contributed by atoms with Crippen LogP contribution in [-0.4, -0.2) is 43.0 Å². The summed E-state index contributed by atoms with van der Waals surface area (Å²) in [7, 11) is 0. The molecule has 1 aliphatic rings. The molecule has 29 heavy (non-hydrogen) atoms. The molecule has 0 amide bonds. The molecule has 3 aromatic rings. The van der Waals surface area contributed by atoms with E-state index in [0.717, 1.165) is 74.1 Å². The minimum atomic E-state index is -0.247. The van der Waals surface area contributed by atoms with Crippen molar-refractivity contribution < 1.29 is 9.13 Å². The summed E-state index contributed by atoms with van der Waals surface area (Å²) in [4.78, 5) is 0. The molecule has 0 saturated carbocycles. The van der Waals surface area contributed by atoms with Gasteiger partial charge < -0.3 is 4.74 Å². The van der Waals surface area contributed by atoms with Crippen LogP contribution in [0.4, 0.5) is 4.39 Å². The van der Waals surface area contributed by atoms with Crippen LogP contribution >= 0.6 is 11.8 Å². The molecule has 1 fully saturated rings. The van der Waals surface area contributed by atoms with Gasteiger partial charge in [0.05, 0.1) is 12.6 Å². The van der Waals surface area contributed by atoms with Crippen molar-refractivity contribution in [2.24, 2.45) is 0 Å². The smallest absolute Gasteiger partial charge is 0.191 e. The van der Waals surface area contributed by atoms with E-state index in [9.17, 15) is 4.39 Å². The van der Waals surface area contributed by atoms with E-state index in [1.165, 1.54) is 12.1 Å². The van der Waals surface area contributed by atoms with Gasteiger partial charge in [-0.25, -0.2) is 4.39 Å². The number of hydrogen-bond donors (Lipinski definition) is 0. The number of thioether (sulfide) groups is 1. The van der Waals surface area contributed by atoms with Gasteiger partial charge in [0.1, 0.15) is 5.82 Å². The third kappa shape index (κ3) is 5.45. The van der Waals surface area contributed by atoms with Crippen LogP contribution in [-0.2, 0) is 17.8 Å². The summed E-state index contributed by atoms with van der Waals surface area (Å²) in [5.41, 5.74) is 0.878. The Hall–Kier alpha value is -2.19. The fourth-order valence-electron chi connectivity index (χ4n) is 3.51. The molecule has 2 aromatic heterocycles. The predicted molar refractivity (Wildman–Crippen MR) is 111 cm³/mol. The lowest BCUT2D eigenvalue weighted by molar-refractivity contribution is 0.0953. The lowest BCUT2D eigenvalue weighted by atomic mass is 10.2. The van der Waals surface area contributed by atoms with E-state index in [-0.39, 0.29) is 11.9 Å². The van der Waals surface area contributed by atoms with Gasteiger partial charge in [-0.2, -0.15) is 5.10 Å². The number of aryl methyl sites for hydroxylation is 1. The van der Waals surface area contributed by atoms with E-state index in [0.29, 0.717) is 0 Å². The molecule has 0 N–H and O–H groups in total. The van der Waals surface area contributed by atoms with Crippen molar-refractivity contribution in [3.8, 4) is 11.4 Å². The van der Waals surface area contributed by atoms with Crippen molar-refractivity contribution in [2.45, 2.75) is 56.5 Å². The number of halogens is 1. The molecule has 1 saturated heterocycles. The number of hydrogen-bond acceptors (Lipinski definition) is 5. The van der Waals surface area contributed by atoms with E-state index in [2.05, 4.69) is 19.9 Å². The SMILES string of the molecule is Fc1ccc(-c2nnc(SCCCCCn3cccn3)n2CC2CCCO2)cc1. The Morgan fingerprint density at radius 2 is 2.03 bits per heavy atom. The molecule has 1 aromatic carbocycles. The monoisotopic (exact) mass is 415 g/mol.